The number of carbonyl (C=O) groups excluding carboxylic acids is 1. The molecular weight excluding hydrogens is 376 g/mol. The molecule has 1 amide bonds. The van der Waals surface area contributed by atoms with Gasteiger partial charge in [-0.1, -0.05) is 36.4 Å². The van der Waals surface area contributed by atoms with E-state index in [1.165, 1.54) is 5.69 Å². The summed E-state index contributed by atoms with van der Waals surface area (Å²) in [7, 11) is 0. The van der Waals surface area contributed by atoms with E-state index in [-0.39, 0.29) is 5.91 Å². The first-order valence-electron chi connectivity index (χ1n) is 10.1. The highest BCUT2D eigenvalue weighted by atomic mass is 16.3. The monoisotopic (exact) mass is 398 g/mol. The van der Waals surface area contributed by atoms with E-state index in [1.807, 2.05) is 71.6 Å². The molecule has 30 heavy (non-hydrogen) atoms. The zero-order chi connectivity index (χ0) is 20.3. The van der Waals surface area contributed by atoms with Crippen LogP contribution in [0.4, 0.5) is 5.69 Å². The van der Waals surface area contributed by atoms with Gasteiger partial charge in [0.2, 0.25) is 0 Å². The number of furan rings is 1. The van der Waals surface area contributed by atoms with Crippen molar-refractivity contribution in [2.45, 2.75) is 0 Å². The van der Waals surface area contributed by atoms with E-state index in [4.69, 9.17) is 4.42 Å². The van der Waals surface area contributed by atoms with Crippen LogP contribution in [0.25, 0.3) is 17.1 Å². The maximum absolute atomic E-state index is 13.4. The number of amides is 1. The summed E-state index contributed by atoms with van der Waals surface area (Å²) in [6, 6.07) is 25.5. The fourth-order valence-corrected chi connectivity index (χ4v) is 3.81. The van der Waals surface area contributed by atoms with Gasteiger partial charge in [0, 0.05) is 37.9 Å². The van der Waals surface area contributed by atoms with E-state index < -0.39 is 0 Å². The molecule has 0 saturated carbocycles. The van der Waals surface area contributed by atoms with Crippen LogP contribution in [0.15, 0.2) is 89.5 Å². The molecule has 0 atom stereocenters. The number of anilines is 1. The topological polar surface area (TPSA) is 54.5 Å². The average molecular weight is 398 g/mol. The minimum absolute atomic E-state index is 0.0168. The number of carbonyl (C=O) groups is 1. The molecule has 0 bridgehead atoms. The van der Waals surface area contributed by atoms with E-state index in [9.17, 15) is 4.79 Å². The van der Waals surface area contributed by atoms with E-state index >= 15 is 0 Å². The molecule has 0 N–H and O–H groups in total. The maximum Gasteiger partial charge on any atom is 0.272 e. The molecule has 0 aliphatic carbocycles. The Morgan fingerprint density at radius 1 is 0.800 bits per heavy atom. The molecule has 1 aliphatic rings. The number of benzene rings is 2. The van der Waals surface area contributed by atoms with Gasteiger partial charge in [-0.2, -0.15) is 5.10 Å². The maximum atomic E-state index is 13.4. The van der Waals surface area contributed by atoms with Gasteiger partial charge in [-0.25, -0.2) is 4.68 Å². The Hall–Kier alpha value is -3.80. The zero-order valence-electron chi connectivity index (χ0n) is 16.5. The molecule has 0 unspecified atom stereocenters. The number of para-hydroxylation sites is 2. The number of rotatable bonds is 4. The van der Waals surface area contributed by atoms with Crippen molar-refractivity contribution in [3.8, 4) is 17.1 Å². The second-order valence-corrected chi connectivity index (χ2v) is 7.25. The fraction of sp³-hybridized carbons (Fsp3) is 0.167. The molecule has 1 aliphatic heterocycles. The number of hydrogen-bond donors (Lipinski definition) is 0. The number of aromatic nitrogens is 2. The smallest absolute Gasteiger partial charge is 0.272 e. The predicted molar refractivity (Wildman–Crippen MR) is 116 cm³/mol. The third-order valence-corrected chi connectivity index (χ3v) is 5.39. The van der Waals surface area contributed by atoms with Crippen LogP contribution in [-0.4, -0.2) is 46.8 Å². The highest BCUT2D eigenvalue weighted by Gasteiger charge is 2.26. The molecule has 0 spiro atoms. The highest BCUT2D eigenvalue weighted by Crippen LogP contribution is 2.24. The van der Waals surface area contributed by atoms with Gasteiger partial charge < -0.3 is 14.2 Å². The molecular formula is C24H22N4O2. The van der Waals surface area contributed by atoms with Crippen molar-refractivity contribution in [2.75, 3.05) is 31.1 Å². The Kier molecular flexibility index (Phi) is 4.81. The molecule has 150 valence electrons. The molecule has 1 fully saturated rings. The van der Waals surface area contributed by atoms with Crippen molar-refractivity contribution < 1.29 is 9.21 Å². The van der Waals surface area contributed by atoms with Crippen LogP contribution in [0, 0.1) is 0 Å². The Morgan fingerprint density at radius 3 is 2.10 bits per heavy atom. The van der Waals surface area contributed by atoms with Gasteiger partial charge in [-0.05, 0) is 36.4 Å². The number of piperazine rings is 1. The van der Waals surface area contributed by atoms with Crippen LogP contribution in [-0.2, 0) is 0 Å². The molecule has 6 nitrogen and oxygen atoms in total. The van der Waals surface area contributed by atoms with Gasteiger partial charge >= 0.3 is 0 Å². The molecule has 5 rings (SSSR count). The lowest BCUT2D eigenvalue weighted by Crippen LogP contribution is -2.49. The first-order chi connectivity index (χ1) is 14.8. The number of nitrogens with zero attached hydrogens (tertiary/aromatic N) is 4. The van der Waals surface area contributed by atoms with Crippen molar-refractivity contribution in [1.29, 1.82) is 0 Å². The van der Waals surface area contributed by atoms with Crippen LogP contribution in [0.2, 0.25) is 0 Å². The quantitative estimate of drug-likeness (QED) is 0.519. The first-order valence-corrected chi connectivity index (χ1v) is 10.1. The average Bonchev–Trinajstić information content (AvgIpc) is 3.50. The van der Waals surface area contributed by atoms with Crippen LogP contribution in [0.5, 0.6) is 0 Å². The van der Waals surface area contributed by atoms with Gasteiger partial charge in [0.1, 0.15) is 11.4 Å². The largest absolute Gasteiger partial charge is 0.463 e. The standard InChI is InChI=1S/C24H22N4O2/c29-24(27-15-13-26(14-16-27)19-8-3-1-4-9-19)22-18-21(23-12-7-17-30-23)25-28(22)20-10-5-2-6-11-20/h1-12,17-18H,13-16H2. The van der Waals surface area contributed by atoms with Gasteiger partial charge in [0.15, 0.2) is 5.76 Å². The van der Waals surface area contributed by atoms with Crippen LogP contribution < -0.4 is 4.90 Å². The Balaban J connectivity index is 1.41. The van der Waals surface area contributed by atoms with E-state index in [1.54, 1.807) is 10.9 Å². The first kappa shape index (κ1) is 18.2. The van der Waals surface area contributed by atoms with Crippen molar-refractivity contribution in [2.24, 2.45) is 0 Å². The highest BCUT2D eigenvalue weighted by molar-refractivity contribution is 5.94. The Morgan fingerprint density at radius 2 is 1.47 bits per heavy atom. The van der Waals surface area contributed by atoms with E-state index in [0.29, 0.717) is 30.2 Å². The van der Waals surface area contributed by atoms with Crippen molar-refractivity contribution >= 4 is 11.6 Å². The van der Waals surface area contributed by atoms with Crippen molar-refractivity contribution in [3.63, 3.8) is 0 Å². The lowest BCUT2D eigenvalue weighted by Gasteiger charge is -2.36. The van der Waals surface area contributed by atoms with Crippen LogP contribution in [0.1, 0.15) is 10.5 Å². The van der Waals surface area contributed by atoms with Crippen molar-refractivity contribution in [1.82, 2.24) is 14.7 Å². The summed E-state index contributed by atoms with van der Waals surface area (Å²) in [5.41, 5.74) is 3.23. The van der Waals surface area contributed by atoms with Crippen molar-refractivity contribution in [3.05, 3.63) is 90.8 Å². The van der Waals surface area contributed by atoms with Gasteiger partial charge in [-0.3, -0.25) is 4.79 Å². The number of hydrogen-bond acceptors (Lipinski definition) is 4. The summed E-state index contributed by atoms with van der Waals surface area (Å²) in [5.74, 6) is 0.629. The predicted octanol–water partition coefficient (Wildman–Crippen LogP) is 4.09. The third kappa shape index (κ3) is 3.48. The van der Waals surface area contributed by atoms with Crippen LogP contribution in [0.3, 0.4) is 0 Å². The van der Waals surface area contributed by atoms with Gasteiger partial charge in [0.05, 0.1) is 12.0 Å². The van der Waals surface area contributed by atoms with Gasteiger partial charge in [-0.15, -0.1) is 0 Å². The molecule has 2 aromatic carbocycles. The zero-order valence-corrected chi connectivity index (χ0v) is 16.5. The van der Waals surface area contributed by atoms with Crippen LogP contribution >= 0.6 is 0 Å². The Labute approximate surface area is 175 Å². The fourth-order valence-electron chi connectivity index (χ4n) is 3.81. The molecule has 6 heteroatoms. The lowest BCUT2D eigenvalue weighted by atomic mass is 10.2. The minimum Gasteiger partial charge on any atom is -0.463 e. The Bertz CT molecular complexity index is 1110. The lowest BCUT2D eigenvalue weighted by molar-refractivity contribution is 0.0737. The second kappa shape index (κ2) is 7.91. The summed E-state index contributed by atoms with van der Waals surface area (Å²) in [6.07, 6.45) is 1.61. The summed E-state index contributed by atoms with van der Waals surface area (Å²) in [6.45, 7) is 2.95. The summed E-state index contributed by atoms with van der Waals surface area (Å²) in [5, 5.41) is 4.67. The third-order valence-electron chi connectivity index (χ3n) is 5.39. The molecule has 4 aromatic rings. The minimum atomic E-state index is -0.0168. The molecule has 0 radical (unpaired) electrons. The normalized spacial score (nSPS) is 14.1. The van der Waals surface area contributed by atoms with E-state index in [0.717, 1.165) is 18.8 Å². The van der Waals surface area contributed by atoms with E-state index in [2.05, 4.69) is 22.1 Å². The SMILES string of the molecule is O=C(c1cc(-c2ccco2)nn1-c1ccccc1)N1CCN(c2ccccc2)CC1. The molecule has 1 saturated heterocycles. The summed E-state index contributed by atoms with van der Waals surface area (Å²) in [4.78, 5) is 17.7. The summed E-state index contributed by atoms with van der Waals surface area (Å²) >= 11 is 0. The molecule has 2 aromatic heterocycles. The molecule has 3 heterocycles. The van der Waals surface area contributed by atoms with Gasteiger partial charge in [0.25, 0.3) is 5.91 Å². The summed E-state index contributed by atoms with van der Waals surface area (Å²) < 4.78 is 7.22. The second-order valence-electron chi connectivity index (χ2n) is 7.25.